The van der Waals surface area contributed by atoms with E-state index >= 15 is 0 Å². The summed E-state index contributed by atoms with van der Waals surface area (Å²) in [6.07, 6.45) is 0. The monoisotopic (exact) mass is 388 g/mol. The number of hydrogen-bond donors (Lipinski definition) is 1. The lowest BCUT2D eigenvalue weighted by Gasteiger charge is -2.09. The van der Waals surface area contributed by atoms with Gasteiger partial charge in [0.15, 0.2) is 0 Å². The molecule has 0 aliphatic rings. The molecule has 0 spiro atoms. The zero-order chi connectivity index (χ0) is 20.5. The molecule has 0 fully saturated rings. The van der Waals surface area contributed by atoms with Gasteiger partial charge < -0.3 is 19.5 Å². The second kappa shape index (κ2) is 10.0. The first kappa shape index (κ1) is 20.8. The number of nitro groups is 1. The summed E-state index contributed by atoms with van der Waals surface area (Å²) in [6, 6.07) is 10.5. The van der Waals surface area contributed by atoms with Crippen LogP contribution in [0.25, 0.3) is 0 Å². The summed E-state index contributed by atoms with van der Waals surface area (Å²) in [4.78, 5) is 34.5. The summed E-state index contributed by atoms with van der Waals surface area (Å²) < 4.78 is 14.7. The van der Waals surface area contributed by atoms with E-state index in [4.69, 9.17) is 9.47 Å². The van der Waals surface area contributed by atoms with Crippen molar-refractivity contribution in [2.24, 2.45) is 0 Å². The third-order valence-corrected chi connectivity index (χ3v) is 3.77. The van der Waals surface area contributed by atoms with E-state index in [0.29, 0.717) is 24.3 Å². The number of carbonyl (C=O) groups is 2. The van der Waals surface area contributed by atoms with Gasteiger partial charge in [-0.1, -0.05) is 12.1 Å². The van der Waals surface area contributed by atoms with Crippen molar-refractivity contribution >= 4 is 23.3 Å². The Balaban J connectivity index is 2.08. The largest absolute Gasteiger partial charge is 0.465 e. The van der Waals surface area contributed by atoms with Crippen molar-refractivity contribution in [2.75, 3.05) is 32.7 Å². The number of rotatable bonds is 9. The Morgan fingerprint density at radius 1 is 1.07 bits per heavy atom. The Morgan fingerprint density at radius 3 is 2.50 bits per heavy atom. The maximum Gasteiger partial charge on any atom is 0.338 e. The maximum atomic E-state index is 12.3. The molecule has 148 valence electrons. The summed E-state index contributed by atoms with van der Waals surface area (Å²) in [7, 11) is 2.80. The number of nitro benzene ring substituents is 1. The van der Waals surface area contributed by atoms with Crippen molar-refractivity contribution in [1.29, 1.82) is 0 Å². The van der Waals surface area contributed by atoms with Crippen molar-refractivity contribution in [3.05, 3.63) is 69.3 Å². The van der Waals surface area contributed by atoms with E-state index in [9.17, 15) is 19.7 Å². The predicted octanol–water partition coefficient (Wildman–Crippen LogP) is 2.80. The van der Waals surface area contributed by atoms with Crippen LogP contribution >= 0.6 is 0 Å². The van der Waals surface area contributed by atoms with Gasteiger partial charge in [0, 0.05) is 19.7 Å². The molecular formula is C19H20N2O7. The van der Waals surface area contributed by atoms with Crippen LogP contribution in [0.2, 0.25) is 0 Å². The molecule has 0 aromatic heterocycles. The van der Waals surface area contributed by atoms with Gasteiger partial charge in [0.05, 0.1) is 29.8 Å². The fourth-order valence-corrected chi connectivity index (χ4v) is 2.39. The van der Waals surface area contributed by atoms with Gasteiger partial charge in [-0.05, 0) is 29.8 Å². The second-order valence-corrected chi connectivity index (χ2v) is 5.68. The Hall–Kier alpha value is -3.46. The second-order valence-electron chi connectivity index (χ2n) is 5.68. The Kier molecular flexibility index (Phi) is 7.46. The molecular weight excluding hydrogens is 368 g/mol. The molecule has 0 saturated heterocycles. The predicted molar refractivity (Wildman–Crippen MR) is 100 cm³/mol. The molecule has 1 N–H and O–H groups in total. The molecule has 0 aliphatic carbocycles. The van der Waals surface area contributed by atoms with Crippen molar-refractivity contribution in [3.63, 3.8) is 0 Å². The number of hydrogen-bond acceptors (Lipinski definition) is 8. The van der Waals surface area contributed by atoms with Crippen molar-refractivity contribution < 1.29 is 28.7 Å². The lowest BCUT2D eigenvalue weighted by atomic mass is 10.1. The molecule has 28 heavy (non-hydrogen) atoms. The molecule has 0 unspecified atom stereocenters. The van der Waals surface area contributed by atoms with E-state index in [1.807, 2.05) is 0 Å². The summed E-state index contributed by atoms with van der Waals surface area (Å²) in [6.45, 7) is 0.675. The maximum absolute atomic E-state index is 12.3. The lowest BCUT2D eigenvalue weighted by molar-refractivity contribution is -0.384. The highest BCUT2D eigenvalue weighted by Gasteiger charge is 2.18. The van der Waals surface area contributed by atoms with Gasteiger partial charge in [0.25, 0.3) is 5.69 Å². The molecule has 0 heterocycles. The van der Waals surface area contributed by atoms with Crippen LogP contribution in [0.1, 0.15) is 26.3 Å². The fourth-order valence-electron chi connectivity index (χ4n) is 2.39. The van der Waals surface area contributed by atoms with Gasteiger partial charge in [-0.3, -0.25) is 10.1 Å². The van der Waals surface area contributed by atoms with Crippen LogP contribution in [0.5, 0.6) is 0 Å². The average Bonchev–Trinajstić information content (AvgIpc) is 2.71. The summed E-state index contributed by atoms with van der Waals surface area (Å²) in [5.41, 5.74) is 1.01. The lowest BCUT2D eigenvalue weighted by Crippen LogP contribution is -2.11. The smallest absolute Gasteiger partial charge is 0.338 e. The van der Waals surface area contributed by atoms with Crippen molar-refractivity contribution in [3.8, 4) is 0 Å². The Bertz CT molecular complexity index is 867. The van der Waals surface area contributed by atoms with Crippen molar-refractivity contribution in [1.82, 2.24) is 0 Å². The van der Waals surface area contributed by atoms with Gasteiger partial charge in [-0.2, -0.15) is 0 Å². The Labute approximate surface area is 161 Å². The molecule has 0 amide bonds. The highest BCUT2D eigenvalue weighted by atomic mass is 16.6. The number of esters is 2. The van der Waals surface area contributed by atoms with Gasteiger partial charge >= 0.3 is 11.9 Å². The minimum Gasteiger partial charge on any atom is -0.465 e. The van der Waals surface area contributed by atoms with Crippen LogP contribution < -0.4 is 5.32 Å². The number of carbonyl (C=O) groups excluding carboxylic acids is 2. The summed E-state index contributed by atoms with van der Waals surface area (Å²) >= 11 is 0. The SMILES string of the molecule is COCCNc1ccc(C(=O)OCc2cccc(C(=O)OC)c2)cc1[N+](=O)[O-]. The number of ether oxygens (including phenoxy) is 3. The van der Waals surface area contributed by atoms with Gasteiger partial charge in [0.2, 0.25) is 0 Å². The fraction of sp³-hybridized carbons (Fsp3) is 0.263. The third kappa shape index (κ3) is 5.52. The Morgan fingerprint density at radius 2 is 1.82 bits per heavy atom. The van der Waals surface area contributed by atoms with E-state index in [-0.39, 0.29) is 23.5 Å². The summed E-state index contributed by atoms with van der Waals surface area (Å²) in [5.74, 6) is -1.21. The molecule has 9 heteroatoms. The number of benzene rings is 2. The molecule has 2 aromatic carbocycles. The molecule has 9 nitrogen and oxygen atoms in total. The first-order valence-electron chi connectivity index (χ1n) is 8.32. The first-order chi connectivity index (χ1) is 13.5. The van der Waals surface area contributed by atoms with Gasteiger partial charge in [-0.15, -0.1) is 0 Å². The number of nitrogens with zero attached hydrogens (tertiary/aromatic N) is 1. The molecule has 0 bridgehead atoms. The standard InChI is InChI=1S/C19H20N2O7/c1-26-9-8-20-16-7-6-15(11-17(16)21(24)25)19(23)28-12-13-4-3-5-14(10-13)18(22)27-2/h3-7,10-11,20H,8-9,12H2,1-2H3. The van der Waals surface area contributed by atoms with E-state index in [0.717, 1.165) is 6.07 Å². The zero-order valence-corrected chi connectivity index (χ0v) is 15.5. The molecule has 0 aliphatic heterocycles. The van der Waals surface area contributed by atoms with E-state index < -0.39 is 16.9 Å². The van der Waals surface area contributed by atoms with Crippen LogP contribution in [0.3, 0.4) is 0 Å². The van der Waals surface area contributed by atoms with Crippen LogP contribution in [-0.4, -0.2) is 44.2 Å². The first-order valence-corrected chi connectivity index (χ1v) is 8.32. The minimum absolute atomic E-state index is 0.0492. The topological polar surface area (TPSA) is 117 Å². The molecule has 2 aromatic rings. The quantitative estimate of drug-likeness (QED) is 0.302. The van der Waals surface area contributed by atoms with Crippen LogP contribution in [-0.2, 0) is 20.8 Å². The molecule has 2 rings (SSSR count). The van der Waals surface area contributed by atoms with Crippen molar-refractivity contribution in [2.45, 2.75) is 6.61 Å². The van der Waals surface area contributed by atoms with E-state index in [2.05, 4.69) is 10.1 Å². The van der Waals surface area contributed by atoms with Gasteiger partial charge in [0.1, 0.15) is 12.3 Å². The highest BCUT2D eigenvalue weighted by molar-refractivity contribution is 5.91. The number of anilines is 1. The highest BCUT2D eigenvalue weighted by Crippen LogP contribution is 2.26. The molecule has 0 radical (unpaired) electrons. The molecule has 0 atom stereocenters. The molecule has 0 saturated carbocycles. The normalized spacial score (nSPS) is 10.2. The number of nitrogens with one attached hydrogen (secondary N) is 1. The number of methoxy groups -OCH3 is 2. The van der Waals surface area contributed by atoms with E-state index in [1.54, 1.807) is 24.3 Å². The summed E-state index contributed by atoms with van der Waals surface area (Å²) in [5, 5.41) is 14.2. The van der Waals surface area contributed by atoms with Gasteiger partial charge in [-0.25, -0.2) is 9.59 Å². The van der Waals surface area contributed by atoms with Crippen LogP contribution in [0.4, 0.5) is 11.4 Å². The zero-order valence-electron chi connectivity index (χ0n) is 15.5. The van der Waals surface area contributed by atoms with Crippen LogP contribution in [0, 0.1) is 10.1 Å². The van der Waals surface area contributed by atoms with Crippen LogP contribution in [0.15, 0.2) is 42.5 Å². The van der Waals surface area contributed by atoms with E-state index in [1.165, 1.54) is 26.4 Å². The minimum atomic E-state index is -0.713. The average molecular weight is 388 g/mol. The third-order valence-electron chi connectivity index (χ3n) is 3.77.